The second kappa shape index (κ2) is 9.41. The lowest BCUT2D eigenvalue weighted by Gasteiger charge is -2.19. The molecule has 0 radical (unpaired) electrons. The molecule has 0 saturated carbocycles. The topological polar surface area (TPSA) is 103 Å². The lowest BCUT2D eigenvalue weighted by molar-refractivity contribution is -0.384. The number of aromatic nitrogens is 3. The van der Waals surface area contributed by atoms with E-state index in [1.54, 1.807) is 30.4 Å². The van der Waals surface area contributed by atoms with Crippen LogP contribution in [0.1, 0.15) is 35.8 Å². The van der Waals surface area contributed by atoms with Crippen LogP contribution in [-0.4, -0.2) is 31.3 Å². The Morgan fingerprint density at radius 1 is 1.41 bits per heavy atom. The summed E-state index contributed by atoms with van der Waals surface area (Å²) in [6.07, 6.45) is 4.72. The van der Waals surface area contributed by atoms with Crippen molar-refractivity contribution in [1.29, 1.82) is 0 Å². The van der Waals surface area contributed by atoms with E-state index in [1.165, 1.54) is 41.1 Å². The normalized spacial score (nSPS) is 15.4. The van der Waals surface area contributed by atoms with Crippen molar-refractivity contribution in [3.05, 3.63) is 50.4 Å². The van der Waals surface area contributed by atoms with Crippen LogP contribution in [0.15, 0.2) is 29.4 Å². The summed E-state index contributed by atoms with van der Waals surface area (Å²) >= 11 is 3.05. The molecule has 10 heteroatoms. The Hall–Kier alpha value is -2.72. The average molecular weight is 472 g/mol. The molecule has 2 aromatic heterocycles. The first-order valence-electron chi connectivity index (χ1n) is 10.5. The molecular weight excluding hydrogens is 446 g/mol. The molecule has 8 nitrogen and oxygen atoms in total. The molecule has 1 atom stereocenters. The molecule has 0 bridgehead atoms. The fourth-order valence-corrected chi connectivity index (χ4v) is 5.93. The first-order valence-corrected chi connectivity index (χ1v) is 12.4. The highest BCUT2D eigenvalue weighted by atomic mass is 32.2. The third-order valence-electron chi connectivity index (χ3n) is 5.86. The molecule has 168 valence electrons. The Balaban J connectivity index is 1.44. The van der Waals surface area contributed by atoms with Gasteiger partial charge in [-0.05, 0) is 49.3 Å². The zero-order valence-corrected chi connectivity index (χ0v) is 19.9. The number of aryl methyl sites for hydroxylation is 2. The maximum Gasteiger partial charge on any atom is 0.293 e. The minimum atomic E-state index is -0.492. The van der Waals surface area contributed by atoms with Gasteiger partial charge in [0.25, 0.3) is 5.69 Å². The van der Waals surface area contributed by atoms with Gasteiger partial charge in [0.15, 0.2) is 11.0 Å². The van der Waals surface area contributed by atoms with Gasteiger partial charge in [-0.25, -0.2) is 0 Å². The largest absolute Gasteiger partial charge is 0.319 e. The number of hydrogen-bond acceptors (Lipinski definition) is 7. The van der Waals surface area contributed by atoms with Crippen LogP contribution < -0.4 is 5.32 Å². The zero-order chi connectivity index (χ0) is 22.8. The number of carbonyl (C=O) groups excluding carboxylic acids is 1. The van der Waals surface area contributed by atoms with Gasteiger partial charge < -0.3 is 9.88 Å². The van der Waals surface area contributed by atoms with E-state index in [9.17, 15) is 14.9 Å². The molecule has 0 aliphatic heterocycles. The predicted octanol–water partition coefficient (Wildman–Crippen LogP) is 5.01. The van der Waals surface area contributed by atoms with Crippen LogP contribution in [0.25, 0.3) is 10.7 Å². The number of nitrogens with one attached hydrogen (secondary N) is 1. The predicted molar refractivity (Wildman–Crippen MR) is 127 cm³/mol. The number of thioether (sulfide) groups is 1. The molecule has 0 spiro atoms. The van der Waals surface area contributed by atoms with Crippen LogP contribution in [0.3, 0.4) is 0 Å². The number of nitrogens with zero attached hydrogens (tertiary/aromatic N) is 4. The number of para-hydroxylation sites is 1. The third-order valence-corrected chi connectivity index (χ3v) is 8.12. The minimum Gasteiger partial charge on any atom is -0.319 e. The minimum absolute atomic E-state index is 0.0799. The van der Waals surface area contributed by atoms with Gasteiger partial charge >= 0.3 is 0 Å². The molecule has 1 aliphatic rings. The molecule has 0 saturated heterocycles. The number of rotatable bonds is 7. The molecule has 1 unspecified atom stereocenters. The smallest absolute Gasteiger partial charge is 0.293 e. The summed E-state index contributed by atoms with van der Waals surface area (Å²) in [7, 11) is 1.90. The number of benzene rings is 1. The maximum absolute atomic E-state index is 12.5. The van der Waals surface area contributed by atoms with Gasteiger partial charge in [0.2, 0.25) is 5.91 Å². The van der Waals surface area contributed by atoms with E-state index in [-0.39, 0.29) is 23.0 Å². The Labute approximate surface area is 194 Å². The lowest BCUT2D eigenvalue weighted by atomic mass is 9.87. The second-order valence-corrected chi connectivity index (χ2v) is 10.1. The number of thiophene rings is 1. The first kappa shape index (κ1) is 22.5. The van der Waals surface area contributed by atoms with Gasteiger partial charge in [0.1, 0.15) is 5.69 Å². The average Bonchev–Trinajstić information content (AvgIpc) is 3.35. The standard InChI is InChI=1S/C22H25N5O3S2/c1-4-14-8-9-17-15(10-14)11-18(32-17)21-24-25-22(26(21)3)31-12-19(28)23-20-13(2)6-5-7-16(20)27(29)30/h5-7,11,14H,4,8-10,12H2,1-3H3,(H,23,28). The van der Waals surface area contributed by atoms with E-state index in [0.29, 0.717) is 10.7 Å². The molecule has 1 aromatic carbocycles. The molecule has 4 rings (SSSR count). The molecule has 2 heterocycles. The van der Waals surface area contributed by atoms with E-state index in [1.807, 2.05) is 11.6 Å². The van der Waals surface area contributed by atoms with Crippen molar-refractivity contribution in [2.24, 2.45) is 13.0 Å². The van der Waals surface area contributed by atoms with E-state index in [0.717, 1.165) is 29.5 Å². The molecule has 1 aliphatic carbocycles. The van der Waals surface area contributed by atoms with Crippen LogP contribution >= 0.6 is 23.1 Å². The Kier molecular flexibility index (Phi) is 6.61. The van der Waals surface area contributed by atoms with E-state index in [4.69, 9.17) is 0 Å². The van der Waals surface area contributed by atoms with Gasteiger partial charge in [-0.1, -0.05) is 37.2 Å². The third kappa shape index (κ3) is 4.56. The van der Waals surface area contributed by atoms with Crippen LogP contribution in [0.5, 0.6) is 0 Å². The number of fused-ring (bicyclic) bond motifs is 1. The van der Waals surface area contributed by atoms with Crippen molar-refractivity contribution in [3.8, 4) is 10.7 Å². The van der Waals surface area contributed by atoms with Crippen molar-refractivity contribution >= 4 is 40.4 Å². The summed E-state index contributed by atoms with van der Waals surface area (Å²) < 4.78 is 1.91. The number of nitro groups is 1. The first-order chi connectivity index (χ1) is 15.4. The summed E-state index contributed by atoms with van der Waals surface area (Å²) in [4.78, 5) is 25.8. The maximum atomic E-state index is 12.5. The summed E-state index contributed by atoms with van der Waals surface area (Å²) in [6.45, 7) is 3.98. The summed E-state index contributed by atoms with van der Waals surface area (Å²) in [5.41, 5.74) is 2.19. The molecule has 1 N–H and O–H groups in total. The van der Waals surface area contributed by atoms with Gasteiger partial charge in [-0.15, -0.1) is 21.5 Å². The van der Waals surface area contributed by atoms with E-state index in [2.05, 4.69) is 28.5 Å². The van der Waals surface area contributed by atoms with Gasteiger partial charge in [0.05, 0.1) is 15.6 Å². The summed E-state index contributed by atoms with van der Waals surface area (Å²) in [5, 5.41) is 23.2. The van der Waals surface area contributed by atoms with Gasteiger partial charge in [-0.2, -0.15) is 0 Å². The quantitative estimate of drug-likeness (QED) is 0.295. The summed E-state index contributed by atoms with van der Waals surface area (Å²) in [5.74, 6) is 1.32. The number of hydrogen-bond donors (Lipinski definition) is 1. The monoisotopic (exact) mass is 471 g/mol. The Morgan fingerprint density at radius 2 is 2.22 bits per heavy atom. The van der Waals surface area contributed by atoms with Crippen molar-refractivity contribution in [3.63, 3.8) is 0 Å². The van der Waals surface area contributed by atoms with Gasteiger partial charge in [0, 0.05) is 18.0 Å². The lowest BCUT2D eigenvalue weighted by Crippen LogP contribution is -2.16. The molecule has 0 fully saturated rings. The van der Waals surface area contributed by atoms with Crippen LogP contribution in [0.2, 0.25) is 0 Å². The highest BCUT2D eigenvalue weighted by molar-refractivity contribution is 7.99. The molecule has 1 amide bonds. The van der Waals surface area contributed by atoms with E-state index < -0.39 is 4.92 Å². The fraction of sp³-hybridized carbons (Fsp3) is 0.409. The van der Waals surface area contributed by atoms with Crippen LogP contribution in [0, 0.1) is 23.0 Å². The van der Waals surface area contributed by atoms with Crippen molar-refractivity contribution < 1.29 is 9.72 Å². The SMILES string of the molecule is CCC1CCc2sc(-c3nnc(SCC(=O)Nc4c(C)cccc4[N+](=O)[O-])n3C)cc2C1. The number of nitro benzene ring substituents is 1. The highest BCUT2D eigenvalue weighted by Gasteiger charge is 2.23. The van der Waals surface area contributed by atoms with Crippen LogP contribution in [0.4, 0.5) is 11.4 Å². The van der Waals surface area contributed by atoms with E-state index >= 15 is 0 Å². The fourth-order valence-electron chi connectivity index (χ4n) is 3.99. The van der Waals surface area contributed by atoms with Crippen molar-refractivity contribution in [1.82, 2.24) is 14.8 Å². The number of amides is 1. The second-order valence-electron chi connectivity index (χ2n) is 8.00. The molecule has 3 aromatic rings. The highest BCUT2D eigenvalue weighted by Crippen LogP contribution is 2.38. The summed E-state index contributed by atoms with van der Waals surface area (Å²) in [6, 6.07) is 6.95. The van der Waals surface area contributed by atoms with Crippen molar-refractivity contribution in [2.45, 2.75) is 44.7 Å². The number of carbonyl (C=O) groups is 1. The van der Waals surface area contributed by atoms with Gasteiger partial charge in [-0.3, -0.25) is 14.9 Å². The zero-order valence-electron chi connectivity index (χ0n) is 18.3. The Morgan fingerprint density at radius 3 is 2.97 bits per heavy atom. The number of anilines is 1. The van der Waals surface area contributed by atoms with Crippen LogP contribution in [-0.2, 0) is 24.7 Å². The molecular formula is C22H25N5O3S2. The van der Waals surface area contributed by atoms with Crippen molar-refractivity contribution in [2.75, 3.05) is 11.1 Å². The molecule has 32 heavy (non-hydrogen) atoms. The Bertz CT molecular complexity index is 1170.